The molecule has 2 atom stereocenters. The molecule has 2 heterocycles. The van der Waals surface area contributed by atoms with Gasteiger partial charge in [-0.1, -0.05) is 15.9 Å². The van der Waals surface area contributed by atoms with E-state index in [1.54, 1.807) is 0 Å². The van der Waals surface area contributed by atoms with E-state index in [9.17, 15) is 13.2 Å². The zero-order chi connectivity index (χ0) is 20.3. The number of morpholine rings is 1. The van der Waals surface area contributed by atoms with Gasteiger partial charge in [0, 0.05) is 49.4 Å². The molecule has 0 saturated carbocycles. The minimum absolute atomic E-state index is 0.102. The molecule has 10 heteroatoms. The fraction of sp³-hybridized carbons (Fsp3) is 0.611. The van der Waals surface area contributed by atoms with Gasteiger partial charge in [0.05, 0.1) is 18.8 Å². The summed E-state index contributed by atoms with van der Waals surface area (Å²) < 4.78 is 35.5. The number of piperazine rings is 1. The predicted octanol–water partition coefficient (Wildman–Crippen LogP) is 1.36. The van der Waals surface area contributed by atoms with Gasteiger partial charge in [-0.3, -0.25) is 9.69 Å². The van der Waals surface area contributed by atoms with Crippen molar-refractivity contribution >= 4 is 37.7 Å². The Kier molecular flexibility index (Phi) is 7.11. The normalized spacial score (nSPS) is 25.5. The van der Waals surface area contributed by atoms with Crippen LogP contribution in [0.2, 0.25) is 0 Å². The van der Waals surface area contributed by atoms with E-state index in [1.807, 2.05) is 43.0 Å². The molecule has 3 rings (SSSR count). The monoisotopic (exact) mass is 474 g/mol. The standard InChI is InChI=1S/C18H27BrN4O4S/c1-14-11-23(12-15(2)27-14)28(25,26)22-9-7-21(8-10-22)13-18(24)20-17-5-3-16(19)4-6-17/h3-6,14-15H,7-13H2,1-2H3,(H,20,24). The number of nitrogens with one attached hydrogen (secondary N) is 1. The Balaban J connectivity index is 1.49. The van der Waals surface area contributed by atoms with Crippen LogP contribution in [0.4, 0.5) is 5.69 Å². The van der Waals surface area contributed by atoms with Gasteiger partial charge < -0.3 is 10.1 Å². The maximum absolute atomic E-state index is 12.9. The Morgan fingerprint density at radius 2 is 1.64 bits per heavy atom. The molecule has 28 heavy (non-hydrogen) atoms. The van der Waals surface area contributed by atoms with Gasteiger partial charge in [-0.2, -0.15) is 17.0 Å². The third-order valence-corrected chi connectivity index (χ3v) is 7.36. The first kappa shape index (κ1) is 21.7. The Bertz CT molecular complexity index is 771. The van der Waals surface area contributed by atoms with E-state index < -0.39 is 10.2 Å². The van der Waals surface area contributed by atoms with Crippen LogP contribution in [0.15, 0.2) is 28.7 Å². The van der Waals surface area contributed by atoms with Gasteiger partial charge >= 0.3 is 0 Å². The summed E-state index contributed by atoms with van der Waals surface area (Å²) in [4.78, 5) is 14.2. The number of benzene rings is 1. The summed E-state index contributed by atoms with van der Waals surface area (Å²) in [5.74, 6) is -0.102. The molecule has 1 amide bonds. The van der Waals surface area contributed by atoms with Crippen molar-refractivity contribution in [3.63, 3.8) is 0 Å². The molecule has 1 aromatic rings. The van der Waals surface area contributed by atoms with Crippen LogP contribution < -0.4 is 5.32 Å². The maximum Gasteiger partial charge on any atom is 0.282 e. The first-order chi connectivity index (χ1) is 13.2. The van der Waals surface area contributed by atoms with Crippen LogP contribution in [0.25, 0.3) is 0 Å². The molecule has 0 spiro atoms. The van der Waals surface area contributed by atoms with Crippen molar-refractivity contribution in [1.82, 2.24) is 13.5 Å². The highest BCUT2D eigenvalue weighted by atomic mass is 79.9. The molecule has 2 unspecified atom stereocenters. The number of halogens is 1. The van der Waals surface area contributed by atoms with Crippen molar-refractivity contribution in [1.29, 1.82) is 0 Å². The Morgan fingerprint density at radius 1 is 1.07 bits per heavy atom. The first-order valence-electron chi connectivity index (χ1n) is 9.42. The van der Waals surface area contributed by atoms with Crippen molar-refractivity contribution in [2.45, 2.75) is 26.1 Å². The van der Waals surface area contributed by atoms with E-state index in [-0.39, 0.29) is 24.7 Å². The SMILES string of the molecule is CC1CN(S(=O)(=O)N2CCN(CC(=O)Nc3ccc(Br)cc3)CC2)CC(C)O1. The summed E-state index contributed by atoms with van der Waals surface area (Å²) >= 11 is 3.36. The molecule has 2 aliphatic rings. The molecule has 8 nitrogen and oxygen atoms in total. The fourth-order valence-electron chi connectivity index (χ4n) is 3.54. The molecule has 2 aliphatic heterocycles. The number of nitrogens with zero attached hydrogens (tertiary/aromatic N) is 3. The fourth-order valence-corrected chi connectivity index (χ4v) is 5.55. The minimum atomic E-state index is -3.50. The lowest BCUT2D eigenvalue weighted by atomic mass is 10.3. The van der Waals surface area contributed by atoms with Crippen LogP contribution in [-0.2, 0) is 19.7 Å². The van der Waals surface area contributed by atoms with Crippen molar-refractivity contribution in [2.75, 3.05) is 51.1 Å². The lowest BCUT2D eigenvalue weighted by molar-refractivity contribution is -0.117. The van der Waals surface area contributed by atoms with Crippen molar-refractivity contribution < 1.29 is 17.9 Å². The van der Waals surface area contributed by atoms with Gasteiger partial charge in [0.25, 0.3) is 10.2 Å². The number of anilines is 1. The molecule has 2 saturated heterocycles. The molecule has 2 fully saturated rings. The second kappa shape index (κ2) is 9.19. The largest absolute Gasteiger partial charge is 0.373 e. The zero-order valence-electron chi connectivity index (χ0n) is 16.2. The van der Waals surface area contributed by atoms with Crippen LogP contribution >= 0.6 is 15.9 Å². The number of rotatable bonds is 5. The van der Waals surface area contributed by atoms with Crippen LogP contribution in [0.3, 0.4) is 0 Å². The average Bonchev–Trinajstić information content (AvgIpc) is 2.63. The summed E-state index contributed by atoms with van der Waals surface area (Å²) in [5, 5.41) is 2.86. The molecular formula is C18H27BrN4O4S. The lowest BCUT2D eigenvalue weighted by Crippen LogP contribution is -2.57. The highest BCUT2D eigenvalue weighted by molar-refractivity contribution is 9.10. The van der Waals surface area contributed by atoms with E-state index in [0.717, 1.165) is 10.2 Å². The van der Waals surface area contributed by atoms with Gasteiger partial charge in [-0.25, -0.2) is 0 Å². The average molecular weight is 475 g/mol. The molecule has 1 N–H and O–H groups in total. The third-order valence-electron chi connectivity index (χ3n) is 4.87. The van der Waals surface area contributed by atoms with Gasteiger partial charge in [-0.05, 0) is 38.1 Å². The van der Waals surface area contributed by atoms with Crippen LogP contribution in [0.5, 0.6) is 0 Å². The molecule has 0 aromatic heterocycles. The van der Waals surface area contributed by atoms with Crippen molar-refractivity contribution in [2.24, 2.45) is 0 Å². The Labute approximate surface area is 175 Å². The van der Waals surface area contributed by atoms with E-state index in [1.165, 1.54) is 8.61 Å². The molecule has 0 radical (unpaired) electrons. The Morgan fingerprint density at radius 3 is 2.21 bits per heavy atom. The van der Waals surface area contributed by atoms with E-state index in [2.05, 4.69) is 21.2 Å². The molecular weight excluding hydrogens is 448 g/mol. The van der Waals surface area contributed by atoms with Gasteiger partial charge in [-0.15, -0.1) is 0 Å². The second-order valence-corrected chi connectivity index (χ2v) is 10.2. The lowest BCUT2D eigenvalue weighted by Gasteiger charge is -2.40. The van der Waals surface area contributed by atoms with Crippen molar-refractivity contribution in [3.8, 4) is 0 Å². The van der Waals surface area contributed by atoms with Crippen LogP contribution in [0, 0.1) is 0 Å². The highest BCUT2D eigenvalue weighted by Crippen LogP contribution is 2.19. The molecule has 0 aliphatic carbocycles. The van der Waals surface area contributed by atoms with E-state index in [0.29, 0.717) is 39.3 Å². The quantitative estimate of drug-likeness (QED) is 0.696. The number of hydrogen-bond acceptors (Lipinski definition) is 5. The van der Waals surface area contributed by atoms with E-state index in [4.69, 9.17) is 4.74 Å². The summed E-state index contributed by atoms with van der Waals surface area (Å²) in [6.07, 6.45) is -0.218. The number of carbonyl (C=O) groups excluding carboxylic acids is 1. The smallest absolute Gasteiger partial charge is 0.282 e. The van der Waals surface area contributed by atoms with Gasteiger partial charge in [0.15, 0.2) is 0 Å². The zero-order valence-corrected chi connectivity index (χ0v) is 18.6. The third kappa shape index (κ3) is 5.52. The summed E-state index contributed by atoms with van der Waals surface area (Å²) in [6, 6.07) is 7.40. The predicted molar refractivity (Wildman–Crippen MR) is 111 cm³/mol. The topological polar surface area (TPSA) is 82.2 Å². The molecule has 0 bridgehead atoms. The second-order valence-electron chi connectivity index (χ2n) is 7.31. The number of carbonyl (C=O) groups is 1. The number of hydrogen-bond donors (Lipinski definition) is 1. The molecule has 1 aromatic carbocycles. The summed E-state index contributed by atoms with van der Waals surface area (Å²) in [6.45, 7) is 6.60. The van der Waals surface area contributed by atoms with Gasteiger partial charge in [0.2, 0.25) is 5.91 Å². The summed E-state index contributed by atoms with van der Waals surface area (Å²) in [5.41, 5.74) is 0.741. The maximum atomic E-state index is 12.9. The number of amides is 1. The minimum Gasteiger partial charge on any atom is -0.373 e. The Hall–Kier alpha value is -1.04. The van der Waals surface area contributed by atoms with Gasteiger partial charge in [0.1, 0.15) is 0 Å². The van der Waals surface area contributed by atoms with E-state index >= 15 is 0 Å². The van der Waals surface area contributed by atoms with Crippen LogP contribution in [-0.4, -0.2) is 85.9 Å². The van der Waals surface area contributed by atoms with Crippen LogP contribution in [0.1, 0.15) is 13.8 Å². The number of ether oxygens (including phenoxy) is 1. The molecule has 156 valence electrons. The van der Waals surface area contributed by atoms with Crippen molar-refractivity contribution in [3.05, 3.63) is 28.7 Å². The highest BCUT2D eigenvalue weighted by Gasteiger charge is 2.36. The summed E-state index contributed by atoms with van der Waals surface area (Å²) in [7, 11) is -3.50. The first-order valence-corrected chi connectivity index (χ1v) is 11.6.